The molecule has 0 fully saturated rings. The summed E-state index contributed by atoms with van der Waals surface area (Å²) in [6, 6.07) is 11.3. The highest BCUT2D eigenvalue weighted by Crippen LogP contribution is 2.42. The number of primary amides is 1. The summed E-state index contributed by atoms with van der Waals surface area (Å²) in [7, 11) is 0. The molecule has 0 unspecified atom stereocenters. The summed E-state index contributed by atoms with van der Waals surface area (Å²) < 4.78 is 48.0. The van der Waals surface area contributed by atoms with Crippen molar-refractivity contribution >= 4 is 22.9 Å². The highest BCUT2D eigenvalue weighted by Gasteiger charge is 2.44. The molecule has 12 heteroatoms. The van der Waals surface area contributed by atoms with Gasteiger partial charge in [-0.1, -0.05) is 32.0 Å². The Morgan fingerprint density at radius 3 is 2.42 bits per heavy atom. The molecule has 0 radical (unpaired) electrons. The van der Waals surface area contributed by atoms with Gasteiger partial charge in [0.1, 0.15) is 17.5 Å². The number of hydrogen-bond donors (Lipinski definition) is 2. The fraction of sp³-hybridized carbons (Fsp3) is 0.242. The second kappa shape index (κ2) is 11.0. The SMILES string of the molecule is CC(C)Cc1nc2c(c(-c3ccc4c(c3)oc(=O)n4Cc3ncc(F)cc3F)c1C(N)=O)C(=O)N[C@]2(C)Cc1ccc(F)cc1. The van der Waals surface area contributed by atoms with Crippen molar-refractivity contribution < 1.29 is 27.2 Å². The predicted octanol–water partition coefficient (Wildman–Crippen LogP) is 5.02. The molecule has 0 spiro atoms. The van der Waals surface area contributed by atoms with Crippen molar-refractivity contribution in [2.75, 3.05) is 0 Å². The topological polar surface area (TPSA) is 133 Å². The minimum Gasteiger partial charge on any atom is -0.408 e. The Hall–Kier alpha value is -5.26. The van der Waals surface area contributed by atoms with Crippen LogP contribution in [-0.2, 0) is 24.9 Å². The van der Waals surface area contributed by atoms with Crippen LogP contribution in [0.2, 0.25) is 0 Å². The maximum atomic E-state index is 14.3. The molecule has 1 aliphatic rings. The average Bonchev–Trinajstić information content (AvgIpc) is 3.41. The summed E-state index contributed by atoms with van der Waals surface area (Å²) in [5.74, 6) is -4.16. The van der Waals surface area contributed by atoms with E-state index in [0.29, 0.717) is 35.9 Å². The van der Waals surface area contributed by atoms with E-state index in [9.17, 15) is 27.6 Å². The molecule has 5 aromatic rings. The van der Waals surface area contributed by atoms with E-state index >= 15 is 0 Å². The van der Waals surface area contributed by atoms with Crippen LogP contribution in [0.3, 0.4) is 0 Å². The fourth-order valence-electron chi connectivity index (χ4n) is 5.93. The minimum atomic E-state index is -1.01. The quantitative estimate of drug-likeness (QED) is 0.252. The predicted molar refractivity (Wildman–Crippen MR) is 159 cm³/mol. The normalized spacial score (nSPS) is 15.9. The van der Waals surface area contributed by atoms with Gasteiger partial charge >= 0.3 is 5.76 Å². The Morgan fingerprint density at radius 2 is 1.76 bits per heavy atom. The Balaban J connectivity index is 1.54. The first-order valence-corrected chi connectivity index (χ1v) is 14.2. The van der Waals surface area contributed by atoms with Gasteiger partial charge in [0.05, 0.1) is 52.0 Å². The number of nitrogens with two attached hydrogens (primary N) is 1. The third kappa shape index (κ3) is 5.36. The number of oxazole rings is 1. The van der Waals surface area contributed by atoms with E-state index in [4.69, 9.17) is 15.1 Å². The van der Waals surface area contributed by atoms with Crippen LogP contribution in [0.15, 0.2) is 63.9 Å². The van der Waals surface area contributed by atoms with E-state index in [1.807, 2.05) is 20.8 Å². The van der Waals surface area contributed by atoms with E-state index in [1.165, 1.54) is 18.2 Å². The number of halogens is 3. The van der Waals surface area contributed by atoms with Gasteiger partial charge < -0.3 is 15.5 Å². The Morgan fingerprint density at radius 1 is 1.02 bits per heavy atom. The Kier molecular flexibility index (Phi) is 7.30. The number of carbonyl (C=O) groups is 2. The van der Waals surface area contributed by atoms with Crippen LogP contribution in [-0.4, -0.2) is 26.3 Å². The summed E-state index contributed by atoms with van der Waals surface area (Å²) in [5.41, 5.74) is 7.55. The maximum absolute atomic E-state index is 14.3. The van der Waals surface area contributed by atoms with Gasteiger partial charge in [0.2, 0.25) is 0 Å². The summed E-state index contributed by atoms with van der Waals surface area (Å²) in [5, 5.41) is 3.01. The van der Waals surface area contributed by atoms with Crippen molar-refractivity contribution in [3.63, 3.8) is 0 Å². The fourth-order valence-corrected chi connectivity index (χ4v) is 5.93. The largest absolute Gasteiger partial charge is 0.420 e. The lowest BCUT2D eigenvalue weighted by atomic mass is 9.84. The maximum Gasteiger partial charge on any atom is 0.420 e. The molecule has 0 bridgehead atoms. The molecule has 1 atom stereocenters. The van der Waals surface area contributed by atoms with E-state index in [1.54, 1.807) is 24.3 Å². The molecule has 230 valence electrons. The molecule has 0 saturated heterocycles. The molecule has 9 nitrogen and oxygen atoms in total. The van der Waals surface area contributed by atoms with Crippen LogP contribution in [0.4, 0.5) is 13.2 Å². The number of amides is 2. The number of pyridine rings is 2. The standard InChI is InChI=1S/C33H28F3N5O4/c1-16(2)10-22-27(30(37)42)26(28-29(39-22)33(3,40-31(28)43)13-17-4-7-19(34)8-5-17)18-6-9-24-25(11-18)45-32(44)41(24)15-23-21(36)12-20(35)14-38-23/h4-9,11-12,14,16H,10,13,15H2,1-3H3,(H2,37,42)(H,40,43)/t33-/m1/s1. The van der Waals surface area contributed by atoms with Gasteiger partial charge in [-0.25, -0.2) is 18.0 Å². The Labute approximate surface area is 254 Å². The first-order valence-electron chi connectivity index (χ1n) is 14.2. The van der Waals surface area contributed by atoms with Crippen molar-refractivity contribution in [3.05, 3.63) is 117 Å². The van der Waals surface area contributed by atoms with Crippen molar-refractivity contribution in [3.8, 4) is 11.1 Å². The van der Waals surface area contributed by atoms with Crippen LogP contribution in [0.1, 0.15) is 64.1 Å². The number of carbonyl (C=O) groups excluding carboxylic acids is 2. The monoisotopic (exact) mass is 615 g/mol. The van der Waals surface area contributed by atoms with Gasteiger partial charge in [0, 0.05) is 18.1 Å². The molecule has 6 rings (SSSR count). The number of nitrogens with one attached hydrogen (secondary N) is 1. The van der Waals surface area contributed by atoms with E-state index in [0.717, 1.165) is 16.3 Å². The molecule has 1 aliphatic heterocycles. The summed E-state index contributed by atoms with van der Waals surface area (Å²) in [4.78, 5) is 48.2. The molecule has 3 aromatic heterocycles. The lowest BCUT2D eigenvalue weighted by molar-refractivity contribution is 0.0935. The number of hydrogen-bond acceptors (Lipinski definition) is 6. The molecule has 0 saturated carbocycles. The first-order chi connectivity index (χ1) is 21.3. The zero-order chi connectivity index (χ0) is 32.2. The second-order valence-corrected chi connectivity index (χ2v) is 11.8. The zero-order valence-electron chi connectivity index (χ0n) is 24.6. The minimum absolute atomic E-state index is 0.0716. The highest BCUT2D eigenvalue weighted by molar-refractivity contribution is 6.12. The molecule has 4 heterocycles. The summed E-state index contributed by atoms with van der Waals surface area (Å²) in [6.07, 6.45) is 1.52. The average molecular weight is 616 g/mol. The van der Waals surface area contributed by atoms with Gasteiger partial charge in [-0.05, 0) is 54.7 Å². The third-order valence-electron chi connectivity index (χ3n) is 7.88. The molecular formula is C33H28F3N5O4. The van der Waals surface area contributed by atoms with Crippen LogP contribution >= 0.6 is 0 Å². The van der Waals surface area contributed by atoms with Crippen molar-refractivity contribution in [1.29, 1.82) is 0 Å². The number of rotatable bonds is 8. The zero-order valence-corrected chi connectivity index (χ0v) is 24.6. The Bertz CT molecular complexity index is 2070. The van der Waals surface area contributed by atoms with Gasteiger partial charge in [-0.15, -0.1) is 0 Å². The molecule has 3 N–H and O–H groups in total. The van der Waals surface area contributed by atoms with Gasteiger partial charge in [0.25, 0.3) is 11.8 Å². The van der Waals surface area contributed by atoms with Crippen molar-refractivity contribution in [1.82, 2.24) is 19.9 Å². The van der Waals surface area contributed by atoms with E-state index in [-0.39, 0.29) is 51.8 Å². The lowest BCUT2D eigenvalue weighted by Crippen LogP contribution is -2.39. The highest BCUT2D eigenvalue weighted by atomic mass is 19.1. The van der Waals surface area contributed by atoms with Crippen molar-refractivity contribution in [2.45, 2.75) is 45.7 Å². The number of fused-ring (bicyclic) bond motifs is 2. The van der Waals surface area contributed by atoms with Crippen LogP contribution < -0.4 is 16.8 Å². The summed E-state index contributed by atoms with van der Waals surface area (Å²) in [6.45, 7) is 5.41. The van der Waals surface area contributed by atoms with Gasteiger partial charge in [-0.3, -0.25) is 24.1 Å². The molecule has 45 heavy (non-hydrogen) atoms. The second-order valence-electron chi connectivity index (χ2n) is 11.8. The van der Waals surface area contributed by atoms with Crippen LogP contribution in [0.25, 0.3) is 22.2 Å². The molecule has 2 aromatic carbocycles. The summed E-state index contributed by atoms with van der Waals surface area (Å²) >= 11 is 0. The molecular weight excluding hydrogens is 587 g/mol. The molecule has 0 aliphatic carbocycles. The lowest BCUT2D eigenvalue weighted by Gasteiger charge is -2.26. The van der Waals surface area contributed by atoms with Crippen LogP contribution in [0.5, 0.6) is 0 Å². The number of benzene rings is 2. The molecule has 2 amide bonds. The van der Waals surface area contributed by atoms with Crippen LogP contribution in [0, 0.1) is 23.4 Å². The smallest absolute Gasteiger partial charge is 0.408 e. The number of aromatic nitrogens is 3. The van der Waals surface area contributed by atoms with Gasteiger partial charge in [0.15, 0.2) is 5.58 Å². The van der Waals surface area contributed by atoms with Gasteiger partial charge in [-0.2, -0.15) is 0 Å². The third-order valence-corrected chi connectivity index (χ3v) is 7.88. The first kappa shape index (κ1) is 29.8. The van der Waals surface area contributed by atoms with Crippen molar-refractivity contribution in [2.24, 2.45) is 11.7 Å². The number of nitrogens with zero attached hydrogens (tertiary/aromatic N) is 3. The van der Waals surface area contributed by atoms with E-state index < -0.39 is 34.7 Å². The van der Waals surface area contributed by atoms with E-state index in [2.05, 4.69) is 10.3 Å².